The van der Waals surface area contributed by atoms with Gasteiger partial charge in [-0.3, -0.25) is 14.5 Å². The Morgan fingerprint density at radius 1 is 1.19 bits per heavy atom. The van der Waals surface area contributed by atoms with Gasteiger partial charge in [-0.1, -0.05) is 0 Å². The van der Waals surface area contributed by atoms with Gasteiger partial charge >= 0.3 is 0 Å². The van der Waals surface area contributed by atoms with E-state index in [-0.39, 0.29) is 17.4 Å². The minimum absolute atomic E-state index is 0.0163. The van der Waals surface area contributed by atoms with Crippen molar-refractivity contribution in [2.75, 3.05) is 34.2 Å². The first-order valence-corrected chi connectivity index (χ1v) is 10.1. The summed E-state index contributed by atoms with van der Waals surface area (Å²) in [5, 5.41) is 3.40. The minimum Gasteiger partial charge on any atom is -0.350 e. The molecule has 0 aromatic rings. The zero-order valence-electron chi connectivity index (χ0n) is 16.9. The molecule has 1 aliphatic carbocycles. The Kier molecular flexibility index (Phi) is 4.16. The van der Waals surface area contributed by atoms with E-state index < -0.39 is 5.54 Å². The van der Waals surface area contributed by atoms with Gasteiger partial charge < -0.3 is 15.1 Å². The molecule has 0 aromatic heterocycles. The van der Waals surface area contributed by atoms with Crippen LogP contribution in [0.4, 0.5) is 0 Å². The third-order valence-corrected chi connectivity index (χ3v) is 7.62. The summed E-state index contributed by atoms with van der Waals surface area (Å²) < 4.78 is 0. The van der Waals surface area contributed by atoms with Crippen molar-refractivity contribution in [3.8, 4) is 0 Å². The normalized spacial score (nSPS) is 36.7. The van der Waals surface area contributed by atoms with Crippen LogP contribution in [0.3, 0.4) is 0 Å². The molecular weight excluding hydrogens is 328 g/mol. The van der Waals surface area contributed by atoms with Gasteiger partial charge in [-0.25, -0.2) is 0 Å². The molecule has 6 heteroatoms. The zero-order chi connectivity index (χ0) is 18.9. The Balaban J connectivity index is 1.40. The van der Waals surface area contributed by atoms with Crippen molar-refractivity contribution in [2.45, 2.75) is 69.1 Å². The number of likely N-dealkylation sites (N-methyl/N-ethyl adjacent to an activating group) is 1. The third-order valence-electron chi connectivity index (χ3n) is 7.62. The molecule has 6 nitrogen and oxygen atoms in total. The van der Waals surface area contributed by atoms with Crippen LogP contribution in [-0.2, 0) is 9.59 Å². The van der Waals surface area contributed by atoms with Gasteiger partial charge in [0.2, 0.25) is 11.8 Å². The first-order chi connectivity index (χ1) is 12.1. The summed E-state index contributed by atoms with van der Waals surface area (Å²) in [6.07, 6.45) is 4.83. The van der Waals surface area contributed by atoms with Gasteiger partial charge in [0.25, 0.3) is 0 Å². The number of fused-ring (bicyclic) bond motifs is 4. The molecule has 0 spiro atoms. The Hall–Kier alpha value is -1.14. The lowest BCUT2D eigenvalue weighted by molar-refractivity contribution is -0.146. The molecule has 4 rings (SSSR count). The number of nitrogens with zero attached hydrogens (tertiary/aromatic N) is 3. The molecule has 4 aliphatic rings. The van der Waals surface area contributed by atoms with Gasteiger partial charge in [-0.05, 0) is 66.6 Å². The highest BCUT2D eigenvalue weighted by Gasteiger charge is 2.67. The molecule has 1 saturated carbocycles. The molecule has 3 saturated heterocycles. The van der Waals surface area contributed by atoms with E-state index in [1.165, 1.54) is 0 Å². The van der Waals surface area contributed by atoms with E-state index in [0.29, 0.717) is 30.3 Å². The second kappa shape index (κ2) is 5.93. The fourth-order valence-electron chi connectivity index (χ4n) is 5.57. The highest BCUT2D eigenvalue weighted by molar-refractivity contribution is 5.87. The molecule has 4 atom stereocenters. The van der Waals surface area contributed by atoms with Crippen LogP contribution in [0.15, 0.2) is 0 Å². The first kappa shape index (κ1) is 18.2. The molecular formula is C20H34N4O2. The fourth-order valence-corrected chi connectivity index (χ4v) is 5.57. The average molecular weight is 363 g/mol. The van der Waals surface area contributed by atoms with Crippen molar-refractivity contribution in [2.24, 2.45) is 11.8 Å². The van der Waals surface area contributed by atoms with E-state index in [1.54, 1.807) is 0 Å². The zero-order valence-corrected chi connectivity index (χ0v) is 16.9. The van der Waals surface area contributed by atoms with E-state index in [9.17, 15) is 9.59 Å². The van der Waals surface area contributed by atoms with Crippen molar-refractivity contribution in [1.82, 2.24) is 20.0 Å². The maximum atomic E-state index is 13.2. The van der Waals surface area contributed by atoms with Crippen LogP contribution in [0, 0.1) is 11.8 Å². The summed E-state index contributed by atoms with van der Waals surface area (Å²) >= 11 is 0. The van der Waals surface area contributed by atoms with E-state index in [0.717, 1.165) is 38.8 Å². The standard InChI is InChI=1S/C20H34N4O2/c1-19(2,22(3)4)18(26)24-14-6-7-16(24)15-10-20(15,9-14)21-17(25)8-13-11-23(5)12-13/h13-16H,6-12H2,1-5H3,(H,21,25)/t14-,15+,16+,20-/m1/s1. The molecule has 1 N–H and O–H groups in total. The molecule has 0 aromatic carbocycles. The van der Waals surface area contributed by atoms with Crippen molar-refractivity contribution in [3.05, 3.63) is 0 Å². The summed E-state index contributed by atoms with van der Waals surface area (Å²) in [6, 6.07) is 0.608. The van der Waals surface area contributed by atoms with Gasteiger partial charge in [-0.2, -0.15) is 0 Å². The van der Waals surface area contributed by atoms with Crippen LogP contribution in [0.5, 0.6) is 0 Å². The van der Waals surface area contributed by atoms with Gasteiger partial charge in [0, 0.05) is 43.1 Å². The highest BCUT2D eigenvalue weighted by Crippen LogP contribution is 2.59. The number of piperidine rings is 1. The second-order valence-electron chi connectivity index (χ2n) is 9.97. The van der Waals surface area contributed by atoms with Crippen molar-refractivity contribution in [3.63, 3.8) is 0 Å². The Morgan fingerprint density at radius 3 is 2.50 bits per heavy atom. The smallest absolute Gasteiger partial charge is 0.243 e. The maximum absolute atomic E-state index is 13.2. The Bertz CT molecular complexity index is 613. The molecule has 146 valence electrons. The van der Waals surface area contributed by atoms with E-state index >= 15 is 0 Å². The number of nitrogens with one attached hydrogen (secondary N) is 1. The quantitative estimate of drug-likeness (QED) is 0.790. The summed E-state index contributed by atoms with van der Waals surface area (Å²) in [6.45, 7) is 6.11. The Labute approximate surface area is 157 Å². The third kappa shape index (κ3) is 2.76. The van der Waals surface area contributed by atoms with Gasteiger partial charge in [0.15, 0.2) is 0 Å². The SMILES string of the molecule is CN1CC(CC(=O)N[C@@]23C[C@H]4CC[C@@H]([C@@H]2C3)N4C(=O)C(C)(C)N(C)C)C1. The molecule has 4 fully saturated rings. The van der Waals surface area contributed by atoms with Crippen molar-refractivity contribution in [1.29, 1.82) is 0 Å². The average Bonchev–Trinajstić information content (AvgIpc) is 3.11. The fraction of sp³-hybridized carbons (Fsp3) is 0.900. The van der Waals surface area contributed by atoms with Gasteiger partial charge in [0.05, 0.1) is 5.54 Å². The number of carbonyl (C=O) groups excluding carboxylic acids is 2. The lowest BCUT2D eigenvalue weighted by Crippen LogP contribution is -2.61. The summed E-state index contributed by atoms with van der Waals surface area (Å²) in [5.41, 5.74) is -0.493. The van der Waals surface area contributed by atoms with E-state index in [1.807, 2.05) is 32.8 Å². The topological polar surface area (TPSA) is 55.9 Å². The minimum atomic E-state index is -0.477. The summed E-state index contributed by atoms with van der Waals surface area (Å²) in [5.74, 6) is 1.45. The van der Waals surface area contributed by atoms with E-state index in [4.69, 9.17) is 0 Å². The maximum Gasteiger partial charge on any atom is 0.243 e. The number of likely N-dealkylation sites (tertiary alicyclic amines) is 1. The molecule has 3 aliphatic heterocycles. The van der Waals surface area contributed by atoms with Crippen LogP contribution >= 0.6 is 0 Å². The van der Waals surface area contributed by atoms with Crippen LogP contribution in [0.2, 0.25) is 0 Å². The largest absolute Gasteiger partial charge is 0.350 e. The molecule has 2 amide bonds. The monoisotopic (exact) mass is 362 g/mol. The van der Waals surface area contributed by atoms with Crippen molar-refractivity contribution >= 4 is 11.8 Å². The predicted molar refractivity (Wildman–Crippen MR) is 101 cm³/mol. The number of amides is 2. The van der Waals surface area contributed by atoms with Crippen molar-refractivity contribution < 1.29 is 9.59 Å². The van der Waals surface area contributed by atoms with Crippen LogP contribution in [-0.4, -0.2) is 83.9 Å². The number of rotatable bonds is 5. The molecule has 26 heavy (non-hydrogen) atoms. The molecule has 2 bridgehead atoms. The lowest BCUT2D eigenvalue weighted by Gasteiger charge is -2.44. The molecule has 0 unspecified atom stereocenters. The van der Waals surface area contributed by atoms with Gasteiger partial charge in [-0.15, -0.1) is 0 Å². The number of hydrogen-bond donors (Lipinski definition) is 1. The molecule has 0 radical (unpaired) electrons. The van der Waals surface area contributed by atoms with Gasteiger partial charge in [0.1, 0.15) is 0 Å². The number of hydrogen-bond acceptors (Lipinski definition) is 4. The van der Waals surface area contributed by atoms with Crippen LogP contribution < -0.4 is 5.32 Å². The van der Waals surface area contributed by atoms with E-state index in [2.05, 4.69) is 22.2 Å². The highest BCUT2D eigenvalue weighted by atomic mass is 16.2. The summed E-state index contributed by atoms with van der Waals surface area (Å²) in [7, 11) is 6.05. The number of carbonyl (C=O) groups is 2. The second-order valence-corrected chi connectivity index (χ2v) is 9.97. The first-order valence-electron chi connectivity index (χ1n) is 10.1. The molecule has 3 heterocycles. The van der Waals surface area contributed by atoms with Crippen LogP contribution in [0.1, 0.15) is 46.0 Å². The Morgan fingerprint density at radius 2 is 1.88 bits per heavy atom. The lowest BCUT2D eigenvalue weighted by atomic mass is 9.92. The summed E-state index contributed by atoms with van der Waals surface area (Å²) in [4.78, 5) is 32.2. The van der Waals surface area contributed by atoms with Crippen LogP contribution in [0.25, 0.3) is 0 Å². The predicted octanol–water partition coefficient (Wildman–Crippen LogP) is 0.917.